The Balaban J connectivity index is 1.76. The standard InChI is InChI=1S/C22H19ClN2O6S/c1-29-17-10-8-16(9-11-17)22(26)25-24-14-15-12-19(23)21(20(13-15)30-2)31-32(27,28)18-6-4-3-5-7-18/h3-14H,1-2H3,(H,25,26)/b24-14-. The van der Waals surface area contributed by atoms with Crippen molar-refractivity contribution in [2.45, 2.75) is 4.90 Å². The van der Waals surface area contributed by atoms with Crippen molar-refractivity contribution in [2.24, 2.45) is 5.10 Å². The van der Waals surface area contributed by atoms with Crippen LogP contribution < -0.4 is 19.1 Å². The van der Waals surface area contributed by atoms with Crippen LogP contribution in [0.15, 0.2) is 76.7 Å². The number of hydrogen-bond donors (Lipinski definition) is 1. The first-order chi connectivity index (χ1) is 15.3. The number of hydrogen-bond acceptors (Lipinski definition) is 7. The van der Waals surface area contributed by atoms with E-state index in [-0.39, 0.29) is 21.4 Å². The summed E-state index contributed by atoms with van der Waals surface area (Å²) in [6.07, 6.45) is 1.34. The van der Waals surface area contributed by atoms with Gasteiger partial charge in [-0.15, -0.1) is 0 Å². The second-order valence-corrected chi connectivity index (χ2v) is 8.27. The molecule has 1 amide bonds. The quantitative estimate of drug-likeness (QED) is 0.302. The Kier molecular flexibility index (Phi) is 7.34. The van der Waals surface area contributed by atoms with Crippen LogP contribution in [0.1, 0.15) is 15.9 Å². The van der Waals surface area contributed by atoms with Crippen LogP contribution >= 0.6 is 11.6 Å². The van der Waals surface area contributed by atoms with Crippen molar-refractivity contribution >= 4 is 33.8 Å². The molecule has 0 aromatic heterocycles. The summed E-state index contributed by atoms with van der Waals surface area (Å²) < 4.78 is 40.5. The summed E-state index contributed by atoms with van der Waals surface area (Å²) in [5.41, 5.74) is 3.24. The number of methoxy groups -OCH3 is 2. The number of nitrogens with zero attached hydrogens (tertiary/aromatic N) is 1. The lowest BCUT2D eigenvalue weighted by molar-refractivity contribution is 0.0955. The van der Waals surface area contributed by atoms with Crippen LogP contribution in [0, 0.1) is 0 Å². The van der Waals surface area contributed by atoms with E-state index < -0.39 is 16.0 Å². The van der Waals surface area contributed by atoms with Crippen LogP contribution in [0.25, 0.3) is 0 Å². The van der Waals surface area contributed by atoms with Gasteiger partial charge in [0.1, 0.15) is 10.6 Å². The molecule has 0 spiro atoms. The lowest BCUT2D eigenvalue weighted by atomic mass is 10.2. The third-order valence-corrected chi connectivity index (χ3v) is 5.72. The number of rotatable bonds is 8. The minimum absolute atomic E-state index is 0.00760. The molecule has 0 bridgehead atoms. The molecular formula is C22H19ClN2O6S. The van der Waals surface area contributed by atoms with Crippen molar-refractivity contribution in [2.75, 3.05) is 14.2 Å². The van der Waals surface area contributed by atoms with Crippen LogP contribution in [0.5, 0.6) is 17.2 Å². The molecule has 0 aliphatic carbocycles. The summed E-state index contributed by atoms with van der Waals surface area (Å²) >= 11 is 6.24. The fourth-order valence-corrected chi connectivity index (χ4v) is 3.89. The van der Waals surface area contributed by atoms with Gasteiger partial charge in [-0.05, 0) is 54.1 Å². The third-order valence-electron chi connectivity index (χ3n) is 4.21. The van der Waals surface area contributed by atoms with Gasteiger partial charge >= 0.3 is 10.1 Å². The van der Waals surface area contributed by atoms with Gasteiger partial charge in [-0.3, -0.25) is 4.79 Å². The minimum Gasteiger partial charge on any atom is -0.497 e. The lowest BCUT2D eigenvalue weighted by Crippen LogP contribution is -2.17. The van der Waals surface area contributed by atoms with Crippen LogP contribution in [0.2, 0.25) is 5.02 Å². The second-order valence-electron chi connectivity index (χ2n) is 6.31. The molecule has 0 atom stereocenters. The first-order valence-electron chi connectivity index (χ1n) is 9.18. The monoisotopic (exact) mass is 474 g/mol. The molecule has 3 aromatic rings. The zero-order chi connectivity index (χ0) is 23.1. The predicted molar refractivity (Wildman–Crippen MR) is 120 cm³/mol. The van der Waals surface area contributed by atoms with Crippen LogP contribution in [0.3, 0.4) is 0 Å². The van der Waals surface area contributed by atoms with Crippen molar-refractivity contribution in [1.82, 2.24) is 5.43 Å². The van der Waals surface area contributed by atoms with Gasteiger partial charge in [-0.1, -0.05) is 29.8 Å². The van der Waals surface area contributed by atoms with Gasteiger partial charge in [-0.25, -0.2) is 5.43 Å². The molecule has 3 aromatic carbocycles. The number of amides is 1. The lowest BCUT2D eigenvalue weighted by Gasteiger charge is -2.13. The topological polar surface area (TPSA) is 103 Å². The Morgan fingerprint density at radius 1 is 1.00 bits per heavy atom. The highest BCUT2D eigenvalue weighted by atomic mass is 35.5. The van der Waals surface area contributed by atoms with Crippen LogP contribution in [-0.2, 0) is 10.1 Å². The molecule has 0 fully saturated rings. The summed E-state index contributed by atoms with van der Waals surface area (Å²) in [5.74, 6) is 0.136. The second kappa shape index (κ2) is 10.2. The van der Waals surface area contributed by atoms with E-state index in [0.29, 0.717) is 16.9 Å². The van der Waals surface area contributed by atoms with Gasteiger partial charge in [-0.2, -0.15) is 13.5 Å². The van der Waals surface area contributed by atoms with Crippen molar-refractivity contribution in [3.8, 4) is 17.2 Å². The van der Waals surface area contributed by atoms with Crippen molar-refractivity contribution in [1.29, 1.82) is 0 Å². The number of benzene rings is 3. The average molecular weight is 475 g/mol. The highest BCUT2D eigenvalue weighted by Crippen LogP contribution is 2.38. The molecule has 1 N–H and O–H groups in total. The molecule has 0 heterocycles. The van der Waals surface area contributed by atoms with E-state index in [0.717, 1.165) is 0 Å². The van der Waals surface area contributed by atoms with Crippen molar-refractivity contribution < 1.29 is 26.9 Å². The number of hydrazone groups is 1. The number of halogens is 1. The molecule has 0 unspecified atom stereocenters. The van der Waals surface area contributed by atoms with E-state index in [9.17, 15) is 13.2 Å². The van der Waals surface area contributed by atoms with E-state index in [1.807, 2.05) is 0 Å². The van der Waals surface area contributed by atoms with Gasteiger partial charge in [0.15, 0.2) is 5.75 Å². The van der Waals surface area contributed by atoms with Gasteiger partial charge in [0.2, 0.25) is 5.75 Å². The van der Waals surface area contributed by atoms with E-state index in [1.54, 1.807) is 42.5 Å². The van der Waals surface area contributed by atoms with Crippen molar-refractivity contribution in [3.05, 3.63) is 82.9 Å². The maximum atomic E-state index is 12.5. The minimum atomic E-state index is -4.11. The molecule has 166 valence electrons. The van der Waals surface area contributed by atoms with Crippen LogP contribution in [-0.4, -0.2) is 34.8 Å². The Labute approximate surface area is 190 Å². The van der Waals surface area contributed by atoms with Gasteiger partial charge in [0, 0.05) is 5.56 Å². The first-order valence-corrected chi connectivity index (χ1v) is 11.0. The molecule has 0 saturated carbocycles. The number of nitrogens with one attached hydrogen (secondary N) is 1. The van der Waals surface area contributed by atoms with Gasteiger partial charge in [0.25, 0.3) is 5.91 Å². The zero-order valence-corrected chi connectivity index (χ0v) is 18.7. The van der Waals surface area contributed by atoms with Crippen molar-refractivity contribution in [3.63, 3.8) is 0 Å². The van der Waals surface area contributed by atoms with E-state index in [4.69, 9.17) is 25.3 Å². The molecule has 0 aliphatic heterocycles. The fourth-order valence-electron chi connectivity index (χ4n) is 2.61. The SMILES string of the molecule is COc1ccc(C(=O)N/N=C\c2cc(Cl)c(OS(=O)(=O)c3ccccc3)c(OC)c2)cc1. The number of ether oxygens (including phenoxy) is 2. The zero-order valence-electron chi connectivity index (χ0n) is 17.1. The van der Waals surface area contributed by atoms with E-state index >= 15 is 0 Å². The molecular weight excluding hydrogens is 456 g/mol. The maximum Gasteiger partial charge on any atom is 0.339 e. The Morgan fingerprint density at radius 3 is 2.31 bits per heavy atom. The highest BCUT2D eigenvalue weighted by Gasteiger charge is 2.21. The molecule has 8 nitrogen and oxygen atoms in total. The van der Waals surface area contributed by atoms with Crippen LogP contribution in [0.4, 0.5) is 0 Å². The summed E-state index contributed by atoms with van der Waals surface area (Å²) in [4.78, 5) is 12.1. The maximum absolute atomic E-state index is 12.5. The van der Waals surface area contributed by atoms with Gasteiger partial charge in [0.05, 0.1) is 25.5 Å². The molecule has 0 radical (unpaired) electrons. The molecule has 0 saturated heterocycles. The highest BCUT2D eigenvalue weighted by molar-refractivity contribution is 7.87. The number of carbonyl (C=O) groups is 1. The van der Waals surface area contributed by atoms with E-state index in [2.05, 4.69) is 10.5 Å². The smallest absolute Gasteiger partial charge is 0.339 e. The Morgan fingerprint density at radius 2 is 1.69 bits per heavy atom. The summed E-state index contributed by atoms with van der Waals surface area (Å²) in [7, 11) is -1.23. The number of carbonyl (C=O) groups excluding carboxylic acids is 1. The molecule has 3 rings (SSSR count). The Bertz CT molecular complexity index is 1230. The fraction of sp³-hybridized carbons (Fsp3) is 0.0909. The van der Waals surface area contributed by atoms with E-state index in [1.165, 1.54) is 44.7 Å². The molecule has 32 heavy (non-hydrogen) atoms. The normalized spacial score (nSPS) is 11.2. The molecule has 10 heteroatoms. The first kappa shape index (κ1) is 23.1. The largest absolute Gasteiger partial charge is 0.497 e. The third kappa shape index (κ3) is 5.57. The average Bonchev–Trinajstić information content (AvgIpc) is 2.81. The van der Waals surface area contributed by atoms with Gasteiger partial charge < -0.3 is 13.7 Å². The summed E-state index contributed by atoms with van der Waals surface area (Å²) in [5, 5.41) is 3.89. The predicted octanol–water partition coefficient (Wildman–Crippen LogP) is 3.89. The summed E-state index contributed by atoms with van der Waals surface area (Å²) in [6.45, 7) is 0. The summed E-state index contributed by atoms with van der Waals surface area (Å²) in [6, 6.07) is 17.1. The Hall–Kier alpha value is -3.56. The molecule has 0 aliphatic rings.